The van der Waals surface area contributed by atoms with Crippen molar-refractivity contribution in [3.05, 3.63) is 81.9 Å². The Balaban J connectivity index is 2.01. The normalized spacial score (nSPS) is 22.6. The standard InChI is InChI=1S/C21H20BrNO2/c1-14-4-6-16(7-5-14)12-17-13-23(19-10-8-18(22)9-11-19)20(24)15(2)21(17,3)25/h4-12,25H,2,13H2,1,3H3/b17-12+. The minimum atomic E-state index is -1.35. The molecule has 0 bridgehead atoms. The molecule has 2 aromatic rings. The SMILES string of the molecule is C=C1C(=O)N(c2ccc(Br)cc2)C/C(=C\c2ccc(C)cc2)C1(C)O. The Hall–Kier alpha value is -2.17. The maximum absolute atomic E-state index is 12.7. The van der Waals surface area contributed by atoms with E-state index in [1.165, 1.54) is 5.56 Å². The molecule has 1 aliphatic rings. The first-order chi connectivity index (χ1) is 11.8. The molecule has 0 spiro atoms. The smallest absolute Gasteiger partial charge is 0.257 e. The van der Waals surface area contributed by atoms with Gasteiger partial charge in [0.25, 0.3) is 5.91 Å². The van der Waals surface area contributed by atoms with Crippen LogP contribution in [0.15, 0.2) is 70.7 Å². The molecule has 128 valence electrons. The number of anilines is 1. The Morgan fingerprint density at radius 3 is 2.36 bits per heavy atom. The molecule has 4 heteroatoms. The Morgan fingerprint density at radius 1 is 1.16 bits per heavy atom. The van der Waals surface area contributed by atoms with Gasteiger partial charge in [-0.15, -0.1) is 0 Å². The number of carbonyl (C=O) groups excluding carboxylic acids is 1. The molecule has 3 nitrogen and oxygen atoms in total. The van der Waals surface area contributed by atoms with Gasteiger partial charge in [0, 0.05) is 15.7 Å². The van der Waals surface area contributed by atoms with E-state index in [9.17, 15) is 9.90 Å². The highest BCUT2D eigenvalue weighted by atomic mass is 79.9. The van der Waals surface area contributed by atoms with E-state index >= 15 is 0 Å². The molecule has 0 radical (unpaired) electrons. The van der Waals surface area contributed by atoms with Gasteiger partial charge < -0.3 is 10.0 Å². The monoisotopic (exact) mass is 397 g/mol. The summed E-state index contributed by atoms with van der Waals surface area (Å²) in [5, 5.41) is 10.9. The van der Waals surface area contributed by atoms with Gasteiger partial charge in [0.15, 0.2) is 0 Å². The van der Waals surface area contributed by atoms with Crippen LogP contribution in [0.4, 0.5) is 5.69 Å². The van der Waals surface area contributed by atoms with Gasteiger partial charge >= 0.3 is 0 Å². The molecule has 1 amide bonds. The third kappa shape index (κ3) is 3.46. The molecule has 1 N–H and O–H groups in total. The zero-order valence-electron chi connectivity index (χ0n) is 14.3. The van der Waals surface area contributed by atoms with E-state index in [-0.39, 0.29) is 11.5 Å². The number of aryl methyl sites for hydroxylation is 1. The van der Waals surface area contributed by atoms with Crippen LogP contribution in [-0.4, -0.2) is 23.2 Å². The summed E-state index contributed by atoms with van der Waals surface area (Å²) in [4.78, 5) is 14.3. The van der Waals surface area contributed by atoms with Crippen LogP contribution in [0.2, 0.25) is 0 Å². The molecule has 1 heterocycles. The van der Waals surface area contributed by atoms with Gasteiger partial charge in [0.1, 0.15) is 5.60 Å². The summed E-state index contributed by atoms with van der Waals surface area (Å²) in [7, 11) is 0. The average molecular weight is 398 g/mol. The summed E-state index contributed by atoms with van der Waals surface area (Å²) in [5.74, 6) is -0.256. The fourth-order valence-electron chi connectivity index (χ4n) is 2.84. The molecule has 25 heavy (non-hydrogen) atoms. The van der Waals surface area contributed by atoms with Gasteiger partial charge in [0.05, 0.1) is 6.54 Å². The summed E-state index contributed by atoms with van der Waals surface area (Å²) in [6.45, 7) is 7.84. The van der Waals surface area contributed by atoms with Crippen molar-refractivity contribution >= 4 is 33.6 Å². The van der Waals surface area contributed by atoms with Crippen molar-refractivity contribution in [1.29, 1.82) is 0 Å². The van der Waals surface area contributed by atoms with E-state index < -0.39 is 5.60 Å². The van der Waals surface area contributed by atoms with Crippen LogP contribution in [-0.2, 0) is 4.79 Å². The summed E-state index contributed by atoms with van der Waals surface area (Å²) in [6, 6.07) is 15.6. The molecule has 1 atom stereocenters. The molecule has 1 fully saturated rings. The minimum absolute atomic E-state index is 0.181. The number of piperidine rings is 1. The maximum atomic E-state index is 12.7. The van der Waals surface area contributed by atoms with Crippen LogP contribution >= 0.6 is 15.9 Å². The Morgan fingerprint density at radius 2 is 1.76 bits per heavy atom. The molecule has 0 aliphatic carbocycles. The molecule has 0 saturated carbocycles. The molecule has 3 rings (SSSR count). The fraction of sp³-hybridized carbons (Fsp3) is 0.190. The summed E-state index contributed by atoms with van der Waals surface area (Å²) in [6.07, 6.45) is 1.93. The van der Waals surface area contributed by atoms with Gasteiger partial charge in [-0.05, 0) is 49.2 Å². The largest absolute Gasteiger partial charge is 0.381 e. The van der Waals surface area contributed by atoms with Gasteiger partial charge in [-0.1, -0.05) is 58.4 Å². The number of nitrogens with zero attached hydrogens (tertiary/aromatic N) is 1. The van der Waals surface area contributed by atoms with Crippen molar-refractivity contribution in [3.63, 3.8) is 0 Å². The van der Waals surface area contributed by atoms with Crippen molar-refractivity contribution in [2.45, 2.75) is 19.4 Å². The number of aliphatic hydroxyl groups is 1. The van der Waals surface area contributed by atoms with E-state index in [2.05, 4.69) is 22.5 Å². The highest BCUT2D eigenvalue weighted by molar-refractivity contribution is 9.10. The lowest BCUT2D eigenvalue weighted by Crippen LogP contribution is -2.50. The molecule has 1 aliphatic heterocycles. The second kappa shape index (κ2) is 6.62. The number of hydrogen-bond acceptors (Lipinski definition) is 2. The van der Waals surface area contributed by atoms with Crippen LogP contribution in [0.3, 0.4) is 0 Å². The lowest BCUT2D eigenvalue weighted by Gasteiger charge is -2.39. The van der Waals surface area contributed by atoms with E-state index in [0.29, 0.717) is 6.54 Å². The summed E-state index contributed by atoms with van der Waals surface area (Å²) >= 11 is 3.40. The lowest BCUT2D eigenvalue weighted by atomic mass is 9.82. The van der Waals surface area contributed by atoms with Crippen molar-refractivity contribution in [2.24, 2.45) is 0 Å². The van der Waals surface area contributed by atoms with E-state index in [1.54, 1.807) is 11.8 Å². The maximum Gasteiger partial charge on any atom is 0.257 e. The van der Waals surface area contributed by atoms with Crippen LogP contribution < -0.4 is 4.90 Å². The van der Waals surface area contributed by atoms with E-state index in [0.717, 1.165) is 21.3 Å². The Labute approximate surface area is 156 Å². The van der Waals surface area contributed by atoms with E-state index in [4.69, 9.17) is 0 Å². The number of halogens is 1. The summed E-state index contributed by atoms with van der Waals surface area (Å²) < 4.78 is 0.946. The van der Waals surface area contributed by atoms with Crippen molar-refractivity contribution in [1.82, 2.24) is 0 Å². The molecule has 2 aromatic carbocycles. The van der Waals surface area contributed by atoms with Crippen LogP contribution in [0.5, 0.6) is 0 Å². The zero-order chi connectivity index (χ0) is 18.2. The van der Waals surface area contributed by atoms with Gasteiger partial charge in [0.2, 0.25) is 0 Å². The molecule has 1 saturated heterocycles. The molecule has 0 aromatic heterocycles. The second-order valence-electron chi connectivity index (χ2n) is 6.50. The zero-order valence-corrected chi connectivity index (χ0v) is 15.9. The first-order valence-corrected chi connectivity index (χ1v) is 8.85. The van der Waals surface area contributed by atoms with Crippen LogP contribution in [0, 0.1) is 6.92 Å². The highest BCUT2D eigenvalue weighted by Gasteiger charge is 2.41. The first-order valence-electron chi connectivity index (χ1n) is 8.06. The van der Waals surface area contributed by atoms with E-state index in [1.807, 2.05) is 61.5 Å². The second-order valence-corrected chi connectivity index (χ2v) is 7.41. The van der Waals surface area contributed by atoms with Gasteiger partial charge in [-0.3, -0.25) is 4.79 Å². The molecular weight excluding hydrogens is 378 g/mol. The number of benzene rings is 2. The Kier molecular flexibility index (Phi) is 4.67. The van der Waals surface area contributed by atoms with Crippen molar-refractivity contribution in [2.75, 3.05) is 11.4 Å². The minimum Gasteiger partial charge on any atom is -0.381 e. The summed E-state index contributed by atoms with van der Waals surface area (Å²) in [5.41, 5.74) is 2.50. The number of carbonyl (C=O) groups is 1. The highest BCUT2D eigenvalue weighted by Crippen LogP contribution is 2.35. The number of amides is 1. The van der Waals surface area contributed by atoms with Crippen LogP contribution in [0.25, 0.3) is 6.08 Å². The molecular formula is C21H20BrNO2. The lowest BCUT2D eigenvalue weighted by molar-refractivity contribution is -0.117. The topological polar surface area (TPSA) is 40.5 Å². The quantitative estimate of drug-likeness (QED) is 0.758. The Bertz CT molecular complexity index is 848. The predicted octanol–water partition coefficient (Wildman–Crippen LogP) is 4.49. The van der Waals surface area contributed by atoms with Crippen molar-refractivity contribution < 1.29 is 9.90 Å². The van der Waals surface area contributed by atoms with Crippen molar-refractivity contribution in [3.8, 4) is 0 Å². The van der Waals surface area contributed by atoms with Gasteiger partial charge in [-0.2, -0.15) is 0 Å². The fourth-order valence-corrected chi connectivity index (χ4v) is 3.10. The average Bonchev–Trinajstić information content (AvgIpc) is 2.58. The number of hydrogen-bond donors (Lipinski definition) is 1. The predicted molar refractivity (Wildman–Crippen MR) is 105 cm³/mol. The third-order valence-electron chi connectivity index (χ3n) is 4.60. The first kappa shape index (κ1) is 17.6. The van der Waals surface area contributed by atoms with Crippen LogP contribution in [0.1, 0.15) is 18.1 Å². The van der Waals surface area contributed by atoms with Gasteiger partial charge in [-0.25, -0.2) is 0 Å². The molecule has 1 unspecified atom stereocenters. The third-order valence-corrected chi connectivity index (χ3v) is 5.13. The number of rotatable bonds is 2.